The number of alkyl halides is 3. The molecule has 1 amide bonds. The molecule has 8 heteroatoms. The second-order valence-corrected chi connectivity index (χ2v) is 7.32. The van der Waals surface area contributed by atoms with Gasteiger partial charge in [-0.3, -0.25) is 4.79 Å². The van der Waals surface area contributed by atoms with Crippen molar-refractivity contribution in [3.63, 3.8) is 0 Å². The highest BCUT2D eigenvalue weighted by Gasteiger charge is 2.40. The van der Waals surface area contributed by atoms with E-state index in [2.05, 4.69) is 15.0 Å². The maximum Gasteiger partial charge on any atom is 0.422 e. The van der Waals surface area contributed by atoms with Gasteiger partial charge in [0.1, 0.15) is 0 Å². The van der Waals surface area contributed by atoms with E-state index in [0.29, 0.717) is 17.4 Å². The number of amides is 1. The summed E-state index contributed by atoms with van der Waals surface area (Å²) in [5.41, 5.74) is 6.91. The van der Waals surface area contributed by atoms with Crippen LogP contribution < -0.4 is 15.8 Å². The highest BCUT2D eigenvalue weighted by Crippen LogP contribution is 2.41. The van der Waals surface area contributed by atoms with Gasteiger partial charge in [-0.05, 0) is 49.1 Å². The van der Waals surface area contributed by atoms with Crippen molar-refractivity contribution >= 4 is 5.91 Å². The Hall–Kier alpha value is -1.83. The van der Waals surface area contributed by atoms with Crippen LogP contribution in [0.1, 0.15) is 37.7 Å². The van der Waals surface area contributed by atoms with Gasteiger partial charge in [-0.15, -0.1) is 0 Å². The zero-order valence-corrected chi connectivity index (χ0v) is 14.5. The van der Waals surface area contributed by atoms with Crippen molar-refractivity contribution in [2.24, 2.45) is 23.5 Å². The molecule has 0 aromatic carbocycles. The quantitative estimate of drug-likeness (QED) is 0.834. The van der Waals surface area contributed by atoms with E-state index in [4.69, 9.17) is 5.73 Å². The van der Waals surface area contributed by atoms with Crippen LogP contribution in [-0.4, -0.2) is 29.7 Å². The molecule has 2 fully saturated rings. The molecule has 2 aliphatic rings. The second-order valence-electron chi connectivity index (χ2n) is 7.32. The Kier molecular flexibility index (Phi) is 5.70. The van der Waals surface area contributed by atoms with E-state index in [1.165, 1.54) is 18.7 Å². The van der Waals surface area contributed by atoms with Crippen LogP contribution in [0, 0.1) is 17.8 Å². The van der Waals surface area contributed by atoms with Crippen molar-refractivity contribution in [3.8, 4) is 5.88 Å². The fourth-order valence-corrected chi connectivity index (χ4v) is 4.13. The molecule has 26 heavy (non-hydrogen) atoms. The van der Waals surface area contributed by atoms with Crippen molar-refractivity contribution < 1.29 is 22.7 Å². The third-order valence-electron chi connectivity index (χ3n) is 5.43. The van der Waals surface area contributed by atoms with Crippen LogP contribution >= 0.6 is 0 Å². The summed E-state index contributed by atoms with van der Waals surface area (Å²) >= 11 is 0. The van der Waals surface area contributed by atoms with Gasteiger partial charge >= 0.3 is 6.18 Å². The van der Waals surface area contributed by atoms with E-state index < -0.39 is 12.8 Å². The van der Waals surface area contributed by atoms with Gasteiger partial charge in [0.25, 0.3) is 0 Å². The summed E-state index contributed by atoms with van der Waals surface area (Å²) in [7, 11) is 0. The van der Waals surface area contributed by atoms with E-state index in [1.54, 1.807) is 6.07 Å². The maximum absolute atomic E-state index is 12.5. The average molecular weight is 371 g/mol. The Balaban J connectivity index is 1.52. The normalized spacial score (nSPS) is 28.5. The Morgan fingerprint density at radius 1 is 1.31 bits per heavy atom. The van der Waals surface area contributed by atoms with E-state index in [9.17, 15) is 18.0 Å². The number of hydrogen-bond donors (Lipinski definition) is 2. The molecular formula is C18H24F3N3O2. The minimum absolute atomic E-state index is 0.0108. The SMILES string of the molecule is NC1C2CCCC1CC(C(=O)NCc1ccnc(OCC(F)(F)F)c1)C2. The first-order chi connectivity index (χ1) is 12.3. The lowest BCUT2D eigenvalue weighted by Crippen LogP contribution is -2.49. The molecule has 0 spiro atoms. The molecule has 1 heterocycles. The lowest BCUT2D eigenvalue weighted by molar-refractivity contribution is -0.154. The highest BCUT2D eigenvalue weighted by molar-refractivity contribution is 5.78. The van der Waals surface area contributed by atoms with Gasteiger partial charge in [0.2, 0.25) is 11.8 Å². The number of ether oxygens (including phenoxy) is 1. The van der Waals surface area contributed by atoms with Crippen LogP contribution in [0.3, 0.4) is 0 Å². The lowest BCUT2D eigenvalue weighted by Gasteiger charge is -2.43. The van der Waals surface area contributed by atoms with Gasteiger partial charge in [-0.2, -0.15) is 13.2 Å². The summed E-state index contributed by atoms with van der Waals surface area (Å²) in [6.07, 6.45) is 1.97. The number of nitrogens with zero attached hydrogens (tertiary/aromatic N) is 1. The Bertz CT molecular complexity index is 624. The Labute approximate surface area is 150 Å². The summed E-state index contributed by atoms with van der Waals surface area (Å²) < 4.78 is 41.3. The van der Waals surface area contributed by atoms with Crippen molar-refractivity contribution in [2.45, 2.75) is 50.9 Å². The number of hydrogen-bond acceptors (Lipinski definition) is 4. The third-order valence-corrected chi connectivity index (χ3v) is 5.43. The third kappa shape index (κ3) is 4.87. The Morgan fingerprint density at radius 2 is 2.00 bits per heavy atom. The molecule has 2 bridgehead atoms. The second kappa shape index (κ2) is 7.82. The summed E-state index contributed by atoms with van der Waals surface area (Å²) in [6, 6.07) is 3.27. The molecule has 1 aromatic rings. The molecule has 2 unspecified atom stereocenters. The van der Waals surface area contributed by atoms with Crippen LogP contribution in [0.15, 0.2) is 18.3 Å². The monoisotopic (exact) mass is 371 g/mol. The predicted molar refractivity (Wildman–Crippen MR) is 89.2 cm³/mol. The standard InChI is InChI=1S/C18H24F3N3O2/c19-18(20,21)10-26-15-6-11(4-5-23-15)9-24-17(25)14-7-12-2-1-3-13(8-14)16(12)22/h4-6,12-14,16H,1-3,7-10,22H2,(H,24,25). The first kappa shape index (κ1) is 18.9. The zero-order chi connectivity index (χ0) is 18.7. The number of fused-ring (bicyclic) bond motifs is 2. The number of pyridine rings is 1. The van der Waals surface area contributed by atoms with E-state index in [0.717, 1.165) is 25.7 Å². The molecule has 1 aromatic heterocycles. The highest BCUT2D eigenvalue weighted by atomic mass is 19.4. The molecule has 3 N–H and O–H groups in total. The van der Waals surface area contributed by atoms with Gasteiger partial charge < -0.3 is 15.8 Å². The molecule has 0 radical (unpaired) electrons. The Morgan fingerprint density at radius 3 is 2.65 bits per heavy atom. The van der Waals surface area contributed by atoms with Crippen molar-refractivity contribution in [3.05, 3.63) is 23.9 Å². The molecule has 0 saturated heterocycles. The molecule has 2 aliphatic carbocycles. The first-order valence-electron chi connectivity index (χ1n) is 8.99. The summed E-state index contributed by atoms with van der Waals surface area (Å²) in [4.78, 5) is 16.3. The molecule has 144 valence electrons. The predicted octanol–water partition coefficient (Wildman–Crippen LogP) is 2.79. The van der Waals surface area contributed by atoms with Crippen LogP contribution in [0.25, 0.3) is 0 Å². The van der Waals surface area contributed by atoms with Crippen molar-refractivity contribution in [2.75, 3.05) is 6.61 Å². The summed E-state index contributed by atoms with van der Waals surface area (Å²) in [5.74, 6) is 0.687. The topological polar surface area (TPSA) is 77.2 Å². The van der Waals surface area contributed by atoms with E-state index in [-0.39, 0.29) is 30.3 Å². The van der Waals surface area contributed by atoms with Crippen LogP contribution in [0.2, 0.25) is 0 Å². The summed E-state index contributed by atoms with van der Waals surface area (Å²) in [5, 5.41) is 2.89. The van der Waals surface area contributed by atoms with Crippen LogP contribution in [0.4, 0.5) is 13.2 Å². The number of halogens is 3. The average Bonchev–Trinajstić information content (AvgIpc) is 2.57. The van der Waals surface area contributed by atoms with Gasteiger partial charge in [0.15, 0.2) is 6.61 Å². The number of carbonyl (C=O) groups excluding carboxylic acids is 1. The lowest BCUT2D eigenvalue weighted by atomic mass is 9.65. The molecular weight excluding hydrogens is 347 g/mol. The molecule has 5 nitrogen and oxygen atoms in total. The summed E-state index contributed by atoms with van der Waals surface area (Å²) in [6.45, 7) is -1.15. The number of carbonyl (C=O) groups is 1. The van der Waals surface area contributed by atoms with Crippen molar-refractivity contribution in [1.82, 2.24) is 10.3 Å². The van der Waals surface area contributed by atoms with Crippen LogP contribution in [-0.2, 0) is 11.3 Å². The zero-order valence-electron chi connectivity index (χ0n) is 14.5. The number of nitrogens with one attached hydrogen (secondary N) is 1. The van der Waals surface area contributed by atoms with Gasteiger partial charge in [0, 0.05) is 30.8 Å². The maximum atomic E-state index is 12.5. The van der Waals surface area contributed by atoms with Crippen LogP contribution in [0.5, 0.6) is 5.88 Å². The minimum Gasteiger partial charge on any atom is -0.468 e. The molecule has 0 aliphatic heterocycles. The number of rotatable bonds is 5. The molecule has 2 saturated carbocycles. The van der Waals surface area contributed by atoms with E-state index in [1.807, 2.05) is 0 Å². The van der Waals surface area contributed by atoms with Gasteiger partial charge in [0.05, 0.1) is 0 Å². The molecule has 3 rings (SSSR count). The number of nitrogens with two attached hydrogens (primary N) is 1. The fraction of sp³-hybridized carbons (Fsp3) is 0.667. The first-order valence-corrected chi connectivity index (χ1v) is 8.99. The molecule has 2 atom stereocenters. The minimum atomic E-state index is -4.41. The smallest absolute Gasteiger partial charge is 0.422 e. The largest absolute Gasteiger partial charge is 0.468 e. The van der Waals surface area contributed by atoms with Gasteiger partial charge in [-0.25, -0.2) is 4.98 Å². The van der Waals surface area contributed by atoms with E-state index >= 15 is 0 Å². The number of aromatic nitrogens is 1. The van der Waals surface area contributed by atoms with Gasteiger partial charge in [-0.1, -0.05) is 6.42 Å². The van der Waals surface area contributed by atoms with Crippen molar-refractivity contribution in [1.29, 1.82) is 0 Å². The fourth-order valence-electron chi connectivity index (χ4n) is 4.13.